The molecule has 5 nitrogen and oxygen atoms in total. The van der Waals surface area contributed by atoms with E-state index in [-0.39, 0.29) is 19.0 Å². The molecule has 2 heterocycles. The molecule has 0 aliphatic carbocycles. The molecule has 0 aromatic carbocycles. The van der Waals surface area contributed by atoms with Gasteiger partial charge >= 0.3 is 0 Å². The Kier molecular flexibility index (Phi) is 2.80. The maximum atomic E-state index is 11.2. The van der Waals surface area contributed by atoms with E-state index in [4.69, 9.17) is 6.11 Å². The number of aliphatic hydroxyl groups excluding tert-OH is 1. The second-order valence-corrected chi connectivity index (χ2v) is 4.75. The number of nitrogens with one attached hydrogen (secondary N) is 1. The fraction of sp³-hybridized carbons (Fsp3) is 0.667. The highest BCUT2D eigenvalue weighted by Gasteiger charge is 2.34. The second-order valence-electron chi connectivity index (χ2n) is 3.59. The van der Waals surface area contributed by atoms with Gasteiger partial charge in [-0.25, -0.2) is 0 Å². The van der Waals surface area contributed by atoms with Gasteiger partial charge in [-0.3, -0.25) is 4.79 Å². The molecule has 1 saturated heterocycles. The Morgan fingerprint density at radius 2 is 2.67 bits per heavy atom. The van der Waals surface area contributed by atoms with Crippen molar-refractivity contribution in [2.45, 2.75) is 31.8 Å². The maximum absolute atomic E-state index is 11.2. The van der Waals surface area contributed by atoms with E-state index in [9.17, 15) is 9.90 Å². The van der Waals surface area contributed by atoms with Crippen molar-refractivity contribution in [2.24, 2.45) is 0 Å². The lowest BCUT2D eigenvalue weighted by atomic mass is 10.2. The van der Waals surface area contributed by atoms with Crippen molar-refractivity contribution < 1.29 is 16.0 Å². The predicted octanol–water partition coefficient (Wildman–Crippen LogP) is 0.148. The quantitative estimate of drug-likeness (QED) is 0.674. The first kappa shape index (κ1) is 9.86. The molecule has 6 heteroatoms. The Hall–Kier alpha value is -0.340. The van der Waals surface area contributed by atoms with Crippen LogP contribution in [-0.4, -0.2) is 41.0 Å². The SMILES string of the molecule is [2H]C[C@H]1O[C@@H](N2C=C(I)C(=O)NC2)CC1O. The molecular weight excluding hydrogens is 311 g/mol. The zero-order valence-corrected chi connectivity index (χ0v) is 10.2. The van der Waals surface area contributed by atoms with Crippen molar-refractivity contribution in [3.63, 3.8) is 0 Å². The van der Waals surface area contributed by atoms with E-state index in [1.165, 1.54) is 0 Å². The van der Waals surface area contributed by atoms with E-state index in [2.05, 4.69) is 5.32 Å². The number of ether oxygens (including phenoxy) is 1. The summed E-state index contributed by atoms with van der Waals surface area (Å²) in [5.41, 5.74) is 0. The van der Waals surface area contributed by atoms with Gasteiger partial charge in [0.15, 0.2) is 0 Å². The first-order valence-corrected chi connectivity index (χ1v) is 5.73. The summed E-state index contributed by atoms with van der Waals surface area (Å²) < 4.78 is 13.3. The lowest BCUT2D eigenvalue weighted by Crippen LogP contribution is -2.44. The van der Waals surface area contributed by atoms with Crippen LogP contribution in [0, 0.1) is 0 Å². The number of nitrogens with zero attached hydrogens (tertiary/aromatic N) is 1. The zero-order valence-electron chi connectivity index (χ0n) is 9.02. The predicted molar refractivity (Wildman–Crippen MR) is 61.9 cm³/mol. The van der Waals surface area contributed by atoms with E-state index < -0.39 is 12.2 Å². The van der Waals surface area contributed by atoms with Gasteiger partial charge in [-0.15, -0.1) is 0 Å². The molecule has 1 unspecified atom stereocenters. The monoisotopic (exact) mass is 325 g/mol. The number of rotatable bonds is 1. The Morgan fingerprint density at radius 3 is 3.27 bits per heavy atom. The van der Waals surface area contributed by atoms with Gasteiger partial charge < -0.3 is 20.1 Å². The summed E-state index contributed by atoms with van der Waals surface area (Å²) in [6.07, 6.45) is 0.929. The summed E-state index contributed by atoms with van der Waals surface area (Å²) in [4.78, 5) is 13.0. The van der Waals surface area contributed by atoms with Crippen molar-refractivity contribution in [1.82, 2.24) is 10.2 Å². The molecule has 0 aromatic heterocycles. The zero-order chi connectivity index (χ0) is 11.7. The van der Waals surface area contributed by atoms with Gasteiger partial charge in [-0.1, -0.05) is 0 Å². The largest absolute Gasteiger partial charge is 0.390 e. The van der Waals surface area contributed by atoms with E-state index in [0.29, 0.717) is 16.7 Å². The Morgan fingerprint density at radius 1 is 1.87 bits per heavy atom. The van der Waals surface area contributed by atoms with E-state index in [0.717, 1.165) is 0 Å². The van der Waals surface area contributed by atoms with Gasteiger partial charge in [0.05, 0.1) is 22.5 Å². The molecule has 1 fully saturated rings. The van der Waals surface area contributed by atoms with Crippen LogP contribution in [0.4, 0.5) is 0 Å². The van der Waals surface area contributed by atoms with E-state index in [1.807, 2.05) is 27.5 Å². The van der Waals surface area contributed by atoms with Crippen LogP contribution in [0.3, 0.4) is 0 Å². The lowest BCUT2D eigenvalue weighted by molar-refractivity contribution is -0.119. The number of carbonyl (C=O) groups is 1. The topological polar surface area (TPSA) is 61.8 Å². The first-order chi connectivity index (χ1) is 7.61. The molecule has 0 bridgehead atoms. The number of halogens is 1. The summed E-state index contributed by atoms with van der Waals surface area (Å²) >= 11 is 1.96. The minimum absolute atomic E-state index is 0.0542. The maximum Gasteiger partial charge on any atom is 0.260 e. The third-order valence-electron chi connectivity index (χ3n) is 2.49. The fourth-order valence-corrected chi connectivity index (χ4v) is 2.15. The molecule has 2 aliphatic rings. The van der Waals surface area contributed by atoms with Gasteiger partial charge in [-0.05, 0) is 29.5 Å². The average Bonchev–Trinajstić information content (AvgIpc) is 2.64. The molecule has 2 N–H and O–H groups in total. The molecule has 2 aliphatic heterocycles. The molecule has 15 heavy (non-hydrogen) atoms. The summed E-state index contributed by atoms with van der Waals surface area (Å²) in [6, 6.07) is 0. The number of hydrogen-bond donors (Lipinski definition) is 2. The summed E-state index contributed by atoms with van der Waals surface area (Å²) in [6.45, 7) is 0.437. The highest BCUT2D eigenvalue weighted by atomic mass is 127. The number of carbonyl (C=O) groups excluding carboxylic acids is 1. The van der Waals surface area contributed by atoms with Gasteiger partial charge in [-0.2, -0.15) is 0 Å². The standard InChI is InChI=1S/C9H13IN2O3/c1-5-7(13)2-8(15-5)12-3-6(10)9(14)11-4-12/h3,5,7-8,13H,2,4H2,1H3,(H,11,14)/t5-,7?,8-/m1/s1/i1D. The molecule has 0 aromatic rings. The molecule has 2 rings (SSSR count). The van der Waals surface area contributed by atoms with E-state index in [1.54, 1.807) is 6.20 Å². The average molecular weight is 325 g/mol. The fourth-order valence-electron chi connectivity index (χ4n) is 1.60. The van der Waals surface area contributed by atoms with Crippen LogP contribution in [0.1, 0.15) is 14.7 Å². The van der Waals surface area contributed by atoms with Crippen LogP contribution < -0.4 is 5.32 Å². The highest BCUT2D eigenvalue weighted by molar-refractivity contribution is 14.1. The van der Waals surface area contributed by atoms with Crippen molar-refractivity contribution in [1.29, 1.82) is 0 Å². The smallest absolute Gasteiger partial charge is 0.260 e. The van der Waals surface area contributed by atoms with Crippen molar-refractivity contribution in [2.75, 3.05) is 6.67 Å². The minimum Gasteiger partial charge on any atom is -0.390 e. The number of hydrogen-bond acceptors (Lipinski definition) is 4. The summed E-state index contributed by atoms with van der Waals surface area (Å²) in [7, 11) is 0. The third-order valence-corrected chi connectivity index (χ3v) is 3.26. The summed E-state index contributed by atoms with van der Waals surface area (Å²) in [5.74, 6) is -0.0903. The van der Waals surface area contributed by atoms with Gasteiger partial charge in [0.1, 0.15) is 6.23 Å². The molecule has 84 valence electrons. The van der Waals surface area contributed by atoms with Crippen LogP contribution in [0.15, 0.2) is 9.78 Å². The number of amides is 1. The molecular formula is C9H13IN2O3. The van der Waals surface area contributed by atoms with Crippen molar-refractivity contribution in [3.05, 3.63) is 9.78 Å². The molecule has 1 amide bonds. The molecule has 0 spiro atoms. The number of aliphatic hydroxyl groups is 1. The van der Waals surface area contributed by atoms with Crippen LogP contribution in [0.25, 0.3) is 0 Å². The first-order valence-electron chi connectivity index (χ1n) is 5.36. The Labute approximate surface area is 103 Å². The Bertz CT molecular complexity index is 326. The lowest BCUT2D eigenvalue weighted by Gasteiger charge is -2.30. The van der Waals surface area contributed by atoms with Crippen LogP contribution >= 0.6 is 22.6 Å². The van der Waals surface area contributed by atoms with Crippen molar-refractivity contribution in [3.8, 4) is 0 Å². The molecule has 0 radical (unpaired) electrons. The van der Waals surface area contributed by atoms with Gasteiger partial charge in [0.25, 0.3) is 5.91 Å². The van der Waals surface area contributed by atoms with Crippen molar-refractivity contribution >= 4 is 28.5 Å². The van der Waals surface area contributed by atoms with Crippen LogP contribution in [0.2, 0.25) is 0 Å². The van der Waals surface area contributed by atoms with Crippen LogP contribution in [-0.2, 0) is 9.53 Å². The second kappa shape index (κ2) is 4.26. The molecule has 0 saturated carbocycles. The Balaban J connectivity index is 2.02. The highest BCUT2D eigenvalue weighted by Crippen LogP contribution is 2.25. The van der Waals surface area contributed by atoms with E-state index >= 15 is 0 Å². The van der Waals surface area contributed by atoms with Crippen LogP contribution in [0.5, 0.6) is 0 Å². The summed E-state index contributed by atoms with van der Waals surface area (Å²) in [5, 5.41) is 12.3. The minimum atomic E-state index is -0.591. The third kappa shape index (κ3) is 2.26. The van der Waals surface area contributed by atoms with Gasteiger partial charge in [0.2, 0.25) is 0 Å². The molecule has 3 atom stereocenters. The normalized spacial score (nSPS) is 37.3. The van der Waals surface area contributed by atoms with Gasteiger partial charge in [0, 0.05) is 14.0 Å².